The van der Waals surface area contributed by atoms with Crippen molar-refractivity contribution in [1.82, 2.24) is 0 Å². The highest BCUT2D eigenvalue weighted by Gasteiger charge is 2.17. The number of esters is 1. The van der Waals surface area contributed by atoms with Crippen LogP contribution < -0.4 is 0 Å². The molecule has 0 amide bonds. The number of aromatic carboxylic acids is 1. The summed E-state index contributed by atoms with van der Waals surface area (Å²) < 4.78 is 4.93. The van der Waals surface area contributed by atoms with Gasteiger partial charge in [-0.15, -0.1) is 0 Å². The van der Waals surface area contributed by atoms with Gasteiger partial charge in [0.15, 0.2) is 0 Å². The summed E-state index contributed by atoms with van der Waals surface area (Å²) >= 11 is 0. The molecule has 2 N–H and O–H groups in total. The molecule has 0 spiro atoms. The smallest absolute Gasteiger partial charge is 0.339 e. The van der Waals surface area contributed by atoms with Crippen molar-refractivity contribution in [3.8, 4) is 0 Å². The lowest BCUT2D eigenvalue weighted by Crippen LogP contribution is -2.20. The molecule has 0 aliphatic carbocycles. The van der Waals surface area contributed by atoms with Gasteiger partial charge in [0.25, 0.3) is 0 Å². The summed E-state index contributed by atoms with van der Waals surface area (Å²) in [6.45, 7) is 1.88. The molecule has 1 rings (SSSR count). The van der Waals surface area contributed by atoms with Gasteiger partial charge in [-0.25, -0.2) is 9.59 Å². The summed E-state index contributed by atoms with van der Waals surface area (Å²) in [5.41, 5.74) is -0.103. The van der Waals surface area contributed by atoms with Gasteiger partial charge in [-0.05, 0) is 18.6 Å². The first kappa shape index (κ1) is 15.2. The summed E-state index contributed by atoms with van der Waals surface area (Å²) in [6.07, 6.45) is 1.66. The maximum atomic E-state index is 11.8. The molecule has 0 aromatic heterocycles. The van der Waals surface area contributed by atoms with E-state index in [0.717, 1.165) is 12.8 Å². The molecular formula is C14H18O5. The predicted octanol–water partition coefficient (Wildman–Crippen LogP) is 2.09. The molecule has 0 fully saturated rings. The van der Waals surface area contributed by atoms with Gasteiger partial charge in [0.2, 0.25) is 0 Å². The summed E-state index contributed by atoms with van der Waals surface area (Å²) in [6, 6.07) is 5.84. The van der Waals surface area contributed by atoms with Crippen molar-refractivity contribution in [2.75, 3.05) is 6.61 Å². The Morgan fingerprint density at radius 3 is 2.47 bits per heavy atom. The van der Waals surface area contributed by atoms with Crippen LogP contribution in [0.1, 0.15) is 46.9 Å². The third kappa shape index (κ3) is 4.71. The Labute approximate surface area is 111 Å². The van der Waals surface area contributed by atoms with Crippen LogP contribution in [0.4, 0.5) is 0 Å². The first-order chi connectivity index (χ1) is 9.06. The minimum Gasteiger partial charge on any atom is -0.478 e. The number of carbonyl (C=O) groups is 2. The van der Waals surface area contributed by atoms with E-state index < -0.39 is 18.0 Å². The van der Waals surface area contributed by atoms with Gasteiger partial charge in [-0.2, -0.15) is 0 Å². The quantitative estimate of drug-likeness (QED) is 0.738. The Bertz CT molecular complexity index is 441. The van der Waals surface area contributed by atoms with Crippen LogP contribution in [-0.2, 0) is 4.74 Å². The molecule has 5 heteroatoms. The van der Waals surface area contributed by atoms with E-state index in [2.05, 4.69) is 0 Å². The molecule has 1 atom stereocenters. The monoisotopic (exact) mass is 266 g/mol. The topological polar surface area (TPSA) is 83.8 Å². The number of benzene rings is 1. The third-order valence-corrected chi connectivity index (χ3v) is 2.68. The summed E-state index contributed by atoms with van der Waals surface area (Å²) in [4.78, 5) is 22.7. The highest BCUT2D eigenvalue weighted by atomic mass is 16.5. The molecule has 19 heavy (non-hydrogen) atoms. The zero-order valence-electron chi connectivity index (χ0n) is 10.8. The van der Waals surface area contributed by atoms with Crippen molar-refractivity contribution in [3.63, 3.8) is 0 Å². The van der Waals surface area contributed by atoms with E-state index in [-0.39, 0.29) is 17.7 Å². The largest absolute Gasteiger partial charge is 0.478 e. The van der Waals surface area contributed by atoms with Gasteiger partial charge < -0.3 is 14.9 Å². The number of unbranched alkanes of at least 4 members (excludes halogenated alkanes) is 1. The summed E-state index contributed by atoms with van der Waals surface area (Å²) in [5.74, 6) is -1.91. The van der Waals surface area contributed by atoms with Crippen LogP contribution in [0.2, 0.25) is 0 Å². The highest BCUT2D eigenvalue weighted by molar-refractivity contribution is 6.02. The lowest BCUT2D eigenvalue weighted by molar-refractivity contribution is 0.0230. The second-order valence-electron chi connectivity index (χ2n) is 4.25. The molecular weight excluding hydrogens is 248 g/mol. The van der Waals surface area contributed by atoms with Crippen molar-refractivity contribution in [2.45, 2.75) is 32.3 Å². The summed E-state index contributed by atoms with van der Waals surface area (Å²) in [7, 11) is 0. The van der Waals surface area contributed by atoms with Gasteiger partial charge in [-0.1, -0.05) is 31.9 Å². The van der Waals surface area contributed by atoms with E-state index in [9.17, 15) is 14.7 Å². The maximum Gasteiger partial charge on any atom is 0.339 e. The summed E-state index contributed by atoms with van der Waals surface area (Å²) in [5, 5.41) is 18.5. The van der Waals surface area contributed by atoms with E-state index in [1.807, 2.05) is 6.92 Å². The first-order valence-corrected chi connectivity index (χ1v) is 6.23. The Kier molecular flexibility index (Phi) is 6.02. The average Bonchev–Trinajstić information content (AvgIpc) is 2.42. The van der Waals surface area contributed by atoms with Crippen LogP contribution in [0.25, 0.3) is 0 Å². The Morgan fingerprint density at radius 1 is 1.26 bits per heavy atom. The van der Waals surface area contributed by atoms with E-state index >= 15 is 0 Å². The molecule has 0 aliphatic rings. The fraction of sp³-hybridized carbons (Fsp3) is 0.429. The lowest BCUT2D eigenvalue weighted by Gasteiger charge is -2.11. The molecule has 0 saturated heterocycles. The van der Waals surface area contributed by atoms with Crippen LogP contribution in [0, 0.1) is 0 Å². The molecule has 0 bridgehead atoms. The number of aliphatic hydroxyl groups is 1. The van der Waals surface area contributed by atoms with Crippen molar-refractivity contribution >= 4 is 11.9 Å². The zero-order valence-corrected chi connectivity index (χ0v) is 10.8. The highest BCUT2D eigenvalue weighted by Crippen LogP contribution is 2.11. The minimum atomic E-state index is -1.18. The van der Waals surface area contributed by atoms with Crippen LogP contribution in [0.5, 0.6) is 0 Å². The predicted molar refractivity (Wildman–Crippen MR) is 69.2 cm³/mol. The van der Waals surface area contributed by atoms with E-state index in [1.165, 1.54) is 18.2 Å². The lowest BCUT2D eigenvalue weighted by atomic mass is 10.1. The molecule has 1 unspecified atom stereocenters. The van der Waals surface area contributed by atoms with Crippen LogP contribution >= 0.6 is 0 Å². The zero-order chi connectivity index (χ0) is 14.3. The average molecular weight is 266 g/mol. The number of carbonyl (C=O) groups excluding carboxylic acids is 1. The second kappa shape index (κ2) is 7.53. The first-order valence-electron chi connectivity index (χ1n) is 6.23. The number of rotatable bonds is 7. The van der Waals surface area contributed by atoms with Gasteiger partial charge in [0.1, 0.15) is 6.61 Å². The standard InChI is InChI=1S/C14H18O5/c1-2-3-6-10(15)9-19-14(18)12-8-5-4-7-11(12)13(16)17/h4-5,7-8,10,15H,2-3,6,9H2,1H3,(H,16,17). The van der Waals surface area contributed by atoms with Crippen molar-refractivity contribution < 1.29 is 24.5 Å². The van der Waals surface area contributed by atoms with Crippen molar-refractivity contribution in [1.29, 1.82) is 0 Å². The van der Waals surface area contributed by atoms with Crippen molar-refractivity contribution in [3.05, 3.63) is 35.4 Å². The third-order valence-electron chi connectivity index (χ3n) is 2.68. The molecule has 5 nitrogen and oxygen atoms in total. The fourth-order valence-electron chi connectivity index (χ4n) is 1.62. The van der Waals surface area contributed by atoms with Gasteiger partial charge in [0.05, 0.1) is 17.2 Å². The van der Waals surface area contributed by atoms with Gasteiger partial charge >= 0.3 is 11.9 Å². The molecule has 0 aliphatic heterocycles. The number of hydrogen-bond donors (Lipinski definition) is 2. The number of carboxylic acids is 1. The number of hydrogen-bond acceptors (Lipinski definition) is 4. The SMILES string of the molecule is CCCCC(O)COC(=O)c1ccccc1C(=O)O. The van der Waals surface area contributed by atoms with E-state index in [0.29, 0.717) is 6.42 Å². The van der Waals surface area contributed by atoms with E-state index in [4.69, 9.17) is 9.84 Å². The molecule has 0 radical (unpaired) electrons. The second-order valence-corrected chi connectivity index (χ2v) is 4.25. The van der Waals surface area contributed by atoms with Crippen LogP contribution in [-0.4, -0.2) is 34.9 Å². The normalized spacial score (nSPS) is 11.9. The molecule has 1 aromatic rings. The number of carboxylic acid groups (broad SMARTS) is 1. The van der Waals surface area contributed by atoms with Gasteiger partial charge in [0, 0.05) is 0 Å². The number of aliphatic hydroxyl groups excluding tert-OH is 1. The molecule has 0 heterocycles. The fourth-order valence-corrected chi connectivity index (χ4v) is 1.62. The van der Waals surface area contributed by atoms with Crippen molar-refractivity contribution in [2.24, 2.45) is 0 Å². The Hall–Kier alpha value is -1.88. The van der Waals surface area contributed by atoms with Gasteiger partial charge in [-0.3, -0.25) is 0 Å². The Morgan fingerprint density at radius 2 is 1.89 bits per heavy atom. The van der Waals surface area contributed by atoms with Crippen LogP contribution in [0.15, 0.2) is 24.3 Å². The Balaban J connectivity index is 2.61. The molecule has 0 saturated carbocycles. The van der Waals surface area contributed by atoms with E-state index in [1.54, 1.807) is 6.07 Å². The minimum absolute atomic E-state index is 0.00214. The molecule has 1 aromatic carbocycles. The number of ether oxygens (including phenoxy) is 1. The maximum absolute atomic E-state index is 11.8. The van der Waals surface area contributed by atoms with Crippen LogP contribution in [0.3, 0.4) is 0 Å². The molecule has 104 valence electrons.